The van der Waals surface area contributed by atoms with Gasteiger partial charge in [0.15, 0.2) is 6.10 Å². The van der Waals surface area contributed by atoms with Crippen molar-refractivity contribution in [1.82, 2.24) is 4.98 Å². The number of halogens is 1. The standard InChI is InChI=1S/C20H20FN5O4/c21-16-9-14(26-11-17(19(22)27)30-20(26)28)2-3-15(16)12-1-4-18(23-10-12)25-7-5-13(24-29)6-8-25/h1-4,9-10,13,17H,5-8,11H2,(H2,22,27)/t17-/m1/s1. The number of rotatable bonds is 5. The molecule has 2 aromatic rings. The van der Waals surface area contributed by atoms with Crippen molar-refractivity contribution in [2.24, 2.45) is 10.9 Å². The zero-order valence-electron chi connectivity index (χ0n) is 16.0. The number of anilines is 2. The molecular weight excluding hydrogens is 393 g/mol. The van der Waals surface area contributed by atoms with Gasteiger partial charge in [0.05, 0.1) is 18.3 Å². The van der Waals surface area contributed by atoms with Gasteiger partial charge in [-0.05, 0) is 43.2 Å². The Morgan fingerprint density at radius 2 is 2.00 bits per heavy atom. The summed E-state index contributed by atoms with van der Waals surface area (Å²) in [6.07, 6.45) is 1.18. The first-order valence-corrected chi connectivity index (χ1v) is 9.57. The molecule has 1 atom stereocenters. The molecule has 0 bridgehead atoms. The molecule has 156 valence electrons. The summed E-state index contributed by atoms with van der Waals surface area (Å²) in [7, 11) is 0. The zero-order valence-corrected chi connectivity index (χ0v) is 16.0. The third kappa shape index (κ3) is 3.80. The van der Waals surface area contributed by atoms with Crippen LogP contribution in [0, 0.1) is 10.7 Å². The summed E-state index contributed by atoms with van der Waals surface area (Å²) >= 11 is 0. The molecule has 4 rings (SSSR count). The molecule has 0 unspecified atom stereocenters. The Labute approximate surface area is 171 Å². The summed E-state index contributed by atoms with van der Waals surface area (Å²) in [6.45, 7) is 1.34. The van der Waals surface area contributed by atoms with Crippen molar-refractivity contribution >= 4 is 23.5 Å². The van der Waals surface area contributed by atoms with Gasteiger partial charge in [0.2, 0.25) is 0 Å². The fraction of sp³-hybridized carbons (Fsp3) is 0.350. The quantitative estimate of drug-likeness (QED) is 0.752. The van der Waals surface area contributed by atoms with Gasteiger partial charge in [-0.2, -0.15) is 4.91 Å². The van der Waals surface area contributed by atoms with E-state index in [9.17, 15) is 18.9 Å². The van der Waals surface area contributed by atoms with Gasteiger partial charge in [-0.1, -0.05) is 5.18 Å². The highest BCUT2D eigenvalue weighted by molar-refractivity contribution is 5.95. The molecule has 2 N–H and O–H groups in total. The molecule has 2 amide bonds. The largest absolute Gasteiger partial charge is 0.434 e. The third-order valence-corrected chi connectivity index (χ3v) is 5.39. The fourth-order valence-corrected chi connectivity index (χ4v) is 3.66. The predicted molar refractivity (Wildman–Crippen MR) is 107 cm³/mol. The Kier molecular flexibility index (Phi) is 5.30. The van der Waals surface area contributed by atoms with E-state index in [0.29, 0.717) is 37.1 Å². The number of hydrogen-bond acceptors (Lipinski definition) is 7. The van der Waals surface area contributed by atoms with E-state index in [1.807, 2.05) is 6.07 Å². The summed E-state index contributed by atoms with van der Waals surface area (Å²) in [5, 5.41) is 3.10. The Hall–Kier alpha value is -3.56. The van der Waals surface area contributed by atoms with E-state index in [2.05, 4.69) is 15.1 Å². The topological polar surface area (TPSA) is 118 Å². The van der Waals surface area contributed by atoms with Crippen molar-refractivity contribution in [3.05, 3.63) is 47.3 Å². The van der Waals surface area contributed by atoms with Crippen LogP contribution in [-0.2, 0) is 9.53 Å². The molecular formula is C20H20FN5O4. The van der Waals surface area contributed by atoms with Crippen LogP contribution in [0.3, 0.4) is 0 Å². The van der Waals surface area contributed by atoms with Crippen LogP contribution < -0.4 is 15.5 Å². The molecule has 10 heteroatoms. The smallest absolute Gasteiger partial charge is 0.415 e. The number of carbonyl (C=O) groups is 2. The molecule has 0 aliphatic carbocycles. The number of piperidine rings is 1. The summed E-state index contributed by atoms with van der Waals surface area (Å²) in [5.41, 5.74) is 6.37. The minimum atomic E-state index is -1.05. The molecule has 9 nitrogen and oxygen atoms in total. The lowest BCUT2D eigenvalue weighted by molar-refractivity contribution is -0.124. The number of ether oxygens (including phenoxy) is 1. The third-order valence-electron chi connectivity index (χ3n) is 5.39. The van der Waals surface area contributed by atoms with Gasteiger partial charge in [-0.3, -0.25) is 9.69 Å². The lowest BCUT2D eigenvalue weighted by Gasteiger charge is -2.29. The number of primary amides is 1. The Morgan fingerprint density at radius 3 is 2.57 bits per heavy atom. The highest BCUT2D eigenvalue weighted by Crippen LogP contribution is 2.30. The molecule has 2 aliphatic heterocycles. The molecule has 1 aromatic heterocycles. The minimum Gasteiger partial charge on any atom is -0.434 e. The second-order valence-corrected chi connectivity index (χ2v) is 7.28. The number of carbonyl (C=O) groups excluding carboxylic acids is 2. The summed E-state index contributed by atoms with van der Waals surface area (Å²) in [4.78, 5) is 41.4. The van der Waals surface area contributed by atoms with Crippen molar-refractivity contribution < 1.29 is 18.7 Å². The molecule has 3 heterocycles. The molecule has 30 heavy (non-hydrogen) atoms. The van der Waals surface area contributed by atoms with Crippen molar-refractivity contribution in [3.8, 4) is 11.1 Å². The Morgan fingerprint density at radius 1 is 1.23 bits per heavy atom. The van der Waals surface area contributed by atoms with Crippen LogP contribution in [0.1, 0.15) is 12.8 Å². The van der Waals surface area contributed by atoms with E-state index >= 15 is 0 Å². The van der Waals surface area contributed by atoms with Gasteiger partial charge >= 0.3 is 6.09 Å². The number of aromatic nitrogens is 1. The highest BCUT2D eigenvalue weighted by Gasteiger charge is 2.36. The normalized spacial score (nSPS) is 19.6. The van der Waals surface area contributed by atoms with Crippen molar-refractivity contribution in [1.29, 1.82) is 0 Å². The van der Waals surface area contributed by atoms with E-state index in [-0.39, 0.29) is 18.3 Å². The fourth-order valence-electron chi connectivity index (χ4n) is 3.66. The van der Waals surface area contributed by atoms with Gasteiger partial charge in [0.25, 0.3) is 5.91 Å². The van der Waals surface area contributed by atoms with Crippen LogP contribution in [0.15, 0.2) is 41.7 Å². The summed E-state index contributed by atoms with van der Waals surface area (Å²) < 4.78 is 19.6. The van der Waals surface area contributed by atoms with E-state index in [1.54, 1.807) is 24.4 Å². The van der Waals surface area contributed by atoms with E-state index in [1.165, 1.54) is 11.0 Å². The minimum absolute atomic E-state index is 0.0560. The second kappa shape index (κ2) is 8.05. The number of amides is 2. The van der Waals surface area contributed by atoms with E-state index in [4.69, 9.17) is 10.5 Å². The Balaban J connectivity index is 1.49. The van der Waals surface area contributed by atoms with E-state index < -0.39 is 23.9 Å². The lowest BCUT2D eigenvalue weighted by atomic mass is 10.0. The average molecular weight is 413 g/mol. The SMILES string of the molecule is NC(=O)[C@H]1CN(c2ccc(-c3ccc(N4CCC(N=O)CC4)nc3)c(F)c2)C(=O)O1. The van der Waals surface area contributed by atoms with Crippen LogP contribution in [0.5, 0.6) is 0 Å². The zero-order chi connectivity index (χ0) is 21.3. The van der Waals surface area contributed by atoms with Gasteiger partial charge in [0, 0.05) is 30.4 Å². The van der Waals surface area contributed by atoms with Gasteiger partial charge < -0.3 is 15.4 Å². The van der Waals surface area contributed by atoms with Crippen LogP contribution in [0.2, 0.25) is 0 Å². The number of cyclic esters (lactones) is 1. The average Bonchev–Trinajstić information content (AvgIpc) is 3.16. The van der Waals surface area contributed by atoms with Gasteiger partial charge in [-0.15, -0.1) is 0 Å². The van der Waals surface area contributed by atoms with Crippen LogP contribution >= 0.6 is 0 Å². The number of nitrogens with zero attached hydrogens (tertiary/aromatic N) is 4. The van der Waals surface area contributed by atoms with Crippen LogP contribution in [0.4, 0.5) is 20.7 Å². The molecule has 0 radical (unpaired) electrons. The molecule has 2 fully saturated rings. The predicted octanol–water partition coefficient (Wildman–Crippen LogP) is 2.43. The summed E-state index contributed by atoms with van der Waals surface area (Å²) in [6, 6.07) is 7.79. The van der Waals surface area contributed by atoms with Crippen LogP contribution in [-0.4, -0.2) is 48.8 Å². The maximum absolute atomic E-state index is 14.8. The number of nitrogens with two attached hydrogens (primary N) is 1. The first-order chi connectivity index (χ1) is 14.5. The lowest BCUT2D eigenvalue weighted by Crippen LogP contribution is -2.35. The number of nitroso groups, excluding NO2 is 1. The first kappa shape index (κ1) is 19.7. The van der Waals surface area contributed by atoms with Crippen molar-refractivity contribution in [2.45, 2.75) is 25.0 Å². The first-order valence-electron chi connectivity index (χ1n) is 9.57. The maximum Gasteiger partial charge on any atom is 0.415 e. The van der Waals surface area contributed by atoms with Gasteiger partial charge in [-0.25, -0.2) is 14.2 Å². The van der Waals surface area contributed by atoms with Crippen LogP contribution in [0.25, 0.3) is 11.1 Å². The highest BCUT2D eigenvalue weighted by atomic mass is 19.1. The maximum atomic E-state index is 14.8. The number of benzene rings is 1. The van der Waals surface area contributed by atoms with Crippen molar-refractivity contribution in [3.63, 3.8) is 0 Å². The number of pyridine rings is 1. The molecule has 1 aromatic carbocycles. The molecule has 0 spiro atoms. The number of hydrogen-bond donors (Lipinski definition) is 1. The molecule has 2 saturated heterocycles. The Bertz CT molecular complexity index is 976. The van der Waals surface area contributed by atoms with E-state index in [0.717, 1.165) is 5.82 Å². The molecule has 0 saturated carbocycles. The molecule has 2 aliphatic rings. The van der Waals surface area contributed by atoms with Crippen molar-refractivity contribution in [2.75, 3.05) is 29.4 Å². The van der Waals surface area contributed by atoms with Gasteiger partial charge in [0.1, 0.15) is 11.6 Å². The second-order valence-electron chi connectivity index (χ2n) is 7.28. The summed E-state index contributed by atoms with van der Waals surface area (Å²) in [5.74, 6) is -0.520. The monoisotopic (exact) mass is 413 g/mol.